The first kappa shape index (κ1) is 22.6. The van der Waals surface area contributed by atoms with Gasteiger partial charge in [-0.25, -0.2) is 4.84 Å². The number of esters is 1. The van der Waals surface area contributed by atoms with Crippen LogP contribution in [0.4, 0.5) is 0 Å². The van der Waals surface area contributed by atoms with Gasteiger partial charge in [0, 0.05) is 20.3 Å². The molecule has 0 aliphatic carbocycles. The van der Waals surface area contributed by atoms with Crippen LogP contribution in [0.15, 0.2) is 0 Å². The van der Waals surface area contributed by atoms with Gasteiger partial charge in [-0.2, -0.15) is 0 Å². The van der Waals surface area contributed by atoms with E-state index in [1.807, 2.05) is 13.8 Å². The van der Waals surface area contributed by atoms with Crippen molar-refractivity contribution in [2.24, 2.45) is 5.92 Å². The summed E-state index contributed by atoms with van der Waals surface area (Å²) in [6.45, 7) is 9.26. The third-order valence-corrected chi connectivity index (χ3v) is 4.67. The van der Waals surface area contributed by atoms with Crippen LogP contribution in [0.5, 0.6) is 0 Å². The number of hydrogen-bond acceptors (Lipinski definition) is 6. The van der Waals surface area contributed by atoms with Gasteiger partial charge >= 0.3 is 5.97 Å². The smallest absolute Gasteiger partial charge is 0.324 e. The third-order valence-electron chi connectivity index (χ3n) is 4.41. The normalized spacial score (nSPS) is 29.6. The highest BCUT2D eigenvalue weighted by Crippen LogP contribution is 2.22. The molecule has 1 aliphatic heterocycles. The Morgan fingerprint density at radius 2 is 2.00 bits per heavy atom. The highest BCUT2D eigenvalue weighted by Gasteiger charge is 2.35. The number of rotatable bonds is 9. The zero-order valence-corrected chi connectivity index (χ0v) is 16.9. The fourth-order valence-corrected chi connectivity index (χ4v) is 2.96. The Bertz CT molecular complexity index is 382. The molecular weight excluding hydrogens is 346 g/mol. The predicted octanol–water partition coefficient (Wildman–Crippen LogP) is 3.07. The van der Waals surface area contributed by atoms with Crippen molar-refractivity contribution in [1.82, 2.24) is 4.84 Å². The van der Waals surface area contributed by atoms with Gasteiger partial charge in [0.25, 0.3) is 0 Å². The second-order valence-electron chi connectivity index (χ2n) is 7.17. The fraction of sp³-hybridized carbons (Fsp3) is 0.944. The molecule has 0 spiro atoms. The maximum absolute atomic E-state index is 12.2. The van der Waals surface area contributed by atoms with Gasteiger partial charge in [-0.3, -0.25) is 4.79 Å². The Morgan fingerprint density at radius 3 is 2.60 bits per heavy atom. The van der Waals surface area contributed by atoms with Gasteiger partial charge in [-0.1, -0.05) is 13.8 Å². The Kier molecular flexibility index (Phi) is 10.9. The average molecular weight is 380 g/mol. The number of methoxy groups -OCH3 is 1. The molecule has 148 valence electrons. The Labute approximate surface area is 157 Å². The standard InChI is InChI=1S/C18H34ClNO5/c1-12(2)11-24-16-8-6-7-15(20-19)18(21)25-14(4)17(16)23-10-9-13(3)22-5/h12-17,20H,6-11H2,1-5H3/t13?,14-,15-,16-,17-/m0/s1. The quantitative estimate of drug-likeness (QED) is 0.490. The molecule has 0 saturated carbocycles. The van der Waals surface area contributed by atoms with Gasteiger partial charge < -0.3 is 18.9 Å². The molecule has 5 atom stereocenters. The van der Waals surface area contributed by atoms with Crippen LogP contribution >= 0.6 is 11.8 Å². The molecular formula is C18H34ClNO5. The molecule has 0 bridgehead atoms. The van der Waals surface area contributed by atoms with Crippen LogP contribution in [0.2, 0.25) is 0 Å². The van der Waals surface area contributed by atoms with Crippen LogP contribution in [0.1, 0.15) is 53.4 Å². The SMILES string of the molecule is COC(C)CCO[C@H]1[C@H](C)OC(=O)[C@@H](NCl)CCC[C@@H]1OCC(C)C. The van der Waals surface area contributed by atoms with Gasteiger partial charge in [-0.05, 0) is 57.2 Å². The largest absolute Gasteiger partial charge is 0.459 e. The van der Waals surface area contributed by atoms with Crippen molar-refractivity contribution >= 4 is 17.7 Å². The molecule has 6 nitrogen and oxygen atoms in total. The Hall–Kier alpha value is -0.400. The summed E-state index contributed by atoms with van der Waals surface area (Å²) >= 11 is 5.68. The average Bonchev–Trinajstić information content (AvgIpc) is 2.62. The lowest BCUT2D eigenvalue weighted by Gasteiger charge is -2.31. The second-order valence-corrected chi connectivity index (χ2v) is 7.39. The second kappa shape index (κ2) is 12.1. The molecule has 0 radical (unpaired) electrons. The predicted molar refractivity (Wildman–Crippen MR) is 97.6 cm³/mol. The molecule has 1 N–H and O–H groups in total. The van der Waals surface area contributed by atoms with E-state index in [4.69, 9.17) is 30.7 Å². The number of halogens is 1. The molecule has 1 heterocycles. The first-order valence-electron chi connectivity index (χ1n) is 9.21. The Morgan fingerprint density at radius 1 is 1.28 bits per heavy atom. The van der Waals surface area contributed by atoms with Crippen molar-refractivity contribution < 1.29 is 23.7 Å². The summed E-state index contributed by atoms with van der Waals surface area (Å²) in [5.41, 5.74) is 0. The van der Waals surface area contributed by atoms with Gasteiger partial charge in [0.1, 0.15) is 18.2 Å². The molecule has 1 rings (SSSR count). The molecule has 0 aromatic rings. The zero-order valence-electron chi connectivity index (χ0n) is 16.1. The topological polar surface area (TPSA) is 66.0 Å². The molecule has 1 saturated heterocycles. The number of nitrogens with one attached hydrogen (secondary N) is 1. The van der Waals surface area contributed by atoms with E-state index in [0.29, 0.717) is 25.6 Å². The third kappa shape index (κ3) is 8.22. The van der Waals surface area contributed by atoms with Crippen LogP contribution in [0.25, 0.3) is 0 Å². The summed E-state index contributed by atoms with van der Waals surface area (Å²) in [7, 11) is 1.68. The van der Waals surface area contributed by atoms with Crippen LogP contribution in [-0.4, -0.2) is 56.8 Å². The van der Waals surface area contributed by atoms with Crippen molar-refractivity contribution in [3.8, 4) is 0 Å². The van der Waals surface area contributed by atoms with Crippen molar-refractivity contribution in [2.75, 3.05) is 20.3 Å². The number of ether oxygens (including phenoxy) is 4. The Balaban J connectivity index is 2.80. The number of carbonyl (C=O) groups is 1. The summed E-state index contributed by atoms with van der Waals surface area (Å²) in [5, 5.41) is 0. The molecule has 0 aromatic carbocycles. The number of hydrogen-bond donors (Lipinski definition) is 1. The van der Waals surface area contributed by atoms with Crippen molar-refractivity contribution in [2.45, 2.75) is 83.8 Å². The van der Waals surface area contributed by atoms with Crippen LogP contribution in [0.3, 0.4) is 0 Å². The molecule has 1 unspecified atom stereocenters. The van der Waals surface area contributed by atoms with E-state index in [0.717, 1.165) is 19.3 Å². The summed E-state index contributed by atoms with van der Waals surface area (Å²) in [6, 6.07) is -0.498. The monoisotopic (exact) mass is 379 g/mol. The first-order valence-corrected chi connectivity index (χ1v) is 9.59. The minimum atomic E-state index is -0.498. The lowest BCUT2D eigenvalue weighted by atomic mass is 10.0. The van der Waals surface area contributed by atoms with Gasteiger partial charge in [0.15, 0.2) is 0 Å². The molecule has 0 aromatic heterocycles. The molecule has 7 heteroatoms. The van der Waals surface area contributed by atoms with E-state index >= 15 is 0 Å². The first-order chi connectivity index (χ1) is 11.9. The number of cyclic esters (lactones) is 1. The van der Waals surface area contributed by atoms with Crippen LogP contribution < -0.4 is 4.84 Å². The van der Waals surface area contributed by atoms with Crippen molar-refractivity contribution in [1.29, 1.82) is 0 Å². The lowest BCUT2D eigenvalue weighted by Crippen LogP contribution is -2.44. The van der Waals surface area contributed by atoms with Crippen molar-refractivity contribution in [3.05, 3.63) is 0 Å². The van der Waals surface area contributed by atoms with Crippen LogP contribution in [0, 0.1) is 5.92 Å². The molecule has 25 heavy (non-hydrogen) atoms. The maximum Gasteiger partial charge on any atom is 0.324 e. The van der Waals surface area contributed by atoms with Gasteiger partial charge in [-0.15, -0.1) is 0 Å². The van der Waals surface area contributed by atoms with Crippen molar-refractivity contribution in [3.63, 3.8) is 0 Å². The van der Waals surface area contributed by atoms with Crippen LogP contribution in [-0.2, 0) is 23.7 Å². The fourth-order valence-electron chi connectivity index (χ4n) is 2.76. The van der Waals surface area contributed by atoms with E-state index in [1.165, 1.54) is 0 Å². The highest BCUT2D eigenvalue weighted by molar-refractivity contribution is 6.14. The summed E-state index contributed by atoms with van der Waals surface area (Å²) < 4.78 is 23.0. The van der Waals surface area contributed by atoms with E-state index in [9.17, 15) is 4.79 Å². The lowest BCUT2D eigenvalue weighted by molar-refractivity contribution is -0.169. The summed E-state index contributed by atoms with van der Waals surface area (Å²) in [4.78, 5) is 14.7. The van der Waals surface area contributed by atoms with E-state index < -0.39 is 12.1 Å². The summed E-state index contributed by atoms with van der Waals surface area (Å²) in [5.74, 6) is 0.0859. The van der Waals surface area contributed by atoms with E-state index in [2.05, 4.69) is 18.7 Å². The van der Waals surface area contributed by atoms with E-state index in [1.54, 1.807) is 7.11 Å². The highest BCUT2D eigenvalue weighted by atomic mass is 35.5. The molecule has 1 fully saturated rings. The minimum absolute atomic E-state index is 0.114. The maximum atomic E-state index is 12.2. The number of carbonyl (C=O) groups excluding carboxylic acids is 1. The zero-order chi connectivity index (χ0) is 18.8. The summed E-state index contributed by atoms with van der Waals surface area (Å²) in [6.07, 6.45) is 2.29. The minimum Gasteiger partial charge on any atom is -0.459 e. The molecule has 1 aliphatic rings. The molecule has 0 amide bonds. The van der Waals surface area contributed by atoms with Gasteiger partial charge in [0.05, 0.1) is 12.2 Å². The van der Waals surface area contributed by atoms with E-state index in [-0.39, 0.29) is 24.3 Å². The van der Waals surface area contributed by atoms with Gasteiger partial charge in [0.2, 0.25) is 0 Å².